The van der Waals surface area contributed by atoms with Crippen LogP contribution < -0.4 is 5.32 Å². The SMILES string of the molecule is O=C(NCc1coc(-c2cccs2)n1)c1cc2ccccc2o1. The molecule has 3 heterocycles. The van der Waals surface area contributed by atoms with Crippen LogP contribution in [0.25, 0.3) is 21.7 Å². The van der Waals surface area contributed by atoms with E-state index in [1.807, 2.05) is 41.8 Å². The maximum Gasteiger partial charge on any atom is 0.287 e. The lowest BCUT2D eigenvalue weighted by Gasteiger charge is -1.98. The number of hydrogen-bond acceptors (Lipinski definition) is 5. The Labute approximate surface area is 135 Å². The highest BCUT2D eigenvalue weighted by molar-refractivity contribution is 7.13. The van der Waals surface area contributed by atoms with E-state index in [9.17, 15) is 4.79 Å². The van der Waals surface area contributed by atoms with E-state index in [2.05, 4.69) is 10.3 Å². The highest BCUT2D eigenvalue weighted by Gasteiger charge is 2.13. The highest BCUT2D eigenvalue weighted by atomic mass is 32.1. The fraction of sp³-hybridized carbons (Fsp3) is 0.0588. The Hall–Kier alpha value is -2.86. The van der Waals surface area contributed by atoms with Gasteiger partial charge in [0.2, 0.25) is 5.89 Å². The van der Waals surface area contributed by atoms with Gasteiger partial charge in [0.05, 0.1) is 17.1 Å². The number of amides is 1. The summed E-state index contributed by atoms with van der Waals surface area (Å²) in [5, 5.41) is 5.65. The zero-order valence-electron chi connectivity index (χ0n) is 12.0. The molecule has 0 bridgehead atoms. The number of fused-ring (bicyclic) bond motifs is 1. The molecule has 0 saturated heterocycles. The van der Waals surface area contributed by atoms with Gasteiger partial charge in [0.25, 0.3) is 5.91 Å². The molecule has 114 valence electrons. The zero-order chi connectivity index (χ0) is 15.6. The molecule has 6 heteroatoms. The Kier molecular flexibility index (Phi) is 3.44. The van der Waals surface area contributed by atoms with Crippen molar-refractivity contribution in [1.82, 2.24) is 10.3 Å². The van der Waals surface area contributed by atoms with Crippen LogP contribution in [0.15, 0.2) is 62.9 Å². The summed E-state index contributed by atoms with van der Waals surface area (Å²) in [7, 11) is 0. The third-order valence-corrected chi connectivity index (χ3v) is 4.22. The molecule has 4 rings (SSSR count). The predicted molar refractivity (Wildman–Crippen MR) is 87.2 cm³/mol. The van der Waals surface area contributed by atoms with E-state index >= 15 is 0 Å². The van der Waals surface area contributed by atoms with E-state index in [1.54, 1.807) is 23.7 Å². The van der Waals surface area contributed by atoms with E-state index in [0.717, 1.165) is 10.3 Å². The molecule has 0 aliphatic heterocycles. The number of oxazole rings is 1. The summed E-state index contributed by atoms with van der Waals surface area (Å²) < 4.78 is 10.9. The number of furan rings is 1. The summed E-state index contributed by atoms with van der Waals surface area (Å²) >= 11 is 1.55. The summed E-state index contributed by atoms with van der Waals surface area (Å²) in [6, 6.07) is 13.1. The quantitative estimate of drug-likeness (QED) is 0.614. The van der Waals surface area contributed by atoms with E-state index in [0.29, 0.717) is 17.2 Å². The molecule has 4 aromatic rings. The first-order chi connectivity index (χ1) is 11.3. The predicted octanol–water partition coefficient (Wildman–Crippen LogP) is 4.08. The second kappa shape index (κ2) is 5.73. The number of carbonyl (C=O) groups excluding carboxylic acids is 1. The minimum absolute atomic E-state index is 0.276. The fourth-order valence-electron chi connectivity index (χ4n) is 2.25. The van der Waals surface area contributed by atoms with Gasteiger partial charge in [0, 0.05) is 5.39 Å². The molecule has 1 N–H and O–H groups in total. The molecule has 0 saturated carbocycles. The number of para-hydroxylation sites is 1. The Morgan fingerprint density at radius 1 is 1.22 bits per heavy atom. The molecular weight excluding hydrogens is 312 g/mol. The Balaban J connectivity index is 1.45. The first kappa shape index (κ1) is 13.8. The van der Waals surface area contributed by atoms with Crippen molar-refractivity contribution in [3.8, 4) is 10.8 Å². The lowest BCUT2D eigenvalue weighted by atomic mass is 10.2. The average Bonchev–Trinajstić information content (AvgIpc) is 3.31. The van der Waals surface area contributed by atoms with Gasteiger partial charge in [0.1, 0.15) is 11.8 Å². The molecule has 0 aliphatic carbocycles. The van der Waals surface area contributed by atoms with Crippen LogP contribution in [-0.4, -0.2) is 10.9 Å². The molecule has 0 spiro atoms. The normalized spacial score (nSPS) is 11.0. The van der Waals surface area contributed by atoms with Gasteiger partial charge in [-0.3, -0.25) is 4.79 Å². The van der Waals surface area contributed by atoms with Crippen molar-refractivity contribution in [3.05, 3.63) is 65.6 Å². The molecule has 1 aromatic carbocycles. The maximum atomic E-state index is 12.2. The van der Waals surface area contributed by atoms with Gasteiger partial charge in [-0.05, 0) is 23.6 Å². The molecule has 23 heavy (non-hydrogen) atoms. The molecule has 0 fully saturated rings. The lowest BCUT2D eigenvalue weighted by molar-refractivity contribution is 0.0925. The van der Waals surface area contributed by atoms with Gasteiger partial charge >= 0.3 is 0 Å². The number of rotatable bonds is 4. The highest BCUT2D eigenvalue weighted by Crippen LogP contribution is 2.23. The number of aromatic nitrogens is 1. The molecule has 3 aromatic heterocycles. The van der Waals surface area contributed by atoms with Crippen molar-refractivity contribution in [2.24, 2.45) is 0 Å². The van der Waals surface area contributed by atoms with Gasteiger partial charge in [-0.15, -0.1) is 11.3 Å². The maximum absolute atomic E-state index is 12.2. The summed E-state index contributed by atoms with van der Waals surface area (Å²) in [6.07, 6.45) is 1.55. The number of carbonyl (C=O) groups is 1. The smallest absolute Gasteiger partial charge is 0.287 e. The minimum atomic E-state index is -0.276. The number of benzene rings is 1. The third kappa shape index (κ3) is 2.76. The number of nitrogens with one attached hydrogen (secondary N) is 1. The average molecular weight is 324 g/mol. The van der Waals surface area contributed by atoms with E-state index in [-0.39, 0.29) is 18.2 Å². The minimum Gasteiger partial charge on any atom is -0.451 e. The summed E-state index contributed by atoms with van der Waals surface area (Å²) in [6.45, 7) is 0.282. The topological polar surface area (TPSA) is 68.3 Å². The fourth-order valence-corrected chi connectivity index (χ4v) is 2.91. The molecule has 0 aliphatic rings. The monoisotopic (exact) mass is 324 g/mol. The molecule has 5 nitrogen and oxygen atoms in total. The third-order valence-electron chi connectivity index (χ3n) is 3.36. The standard InChI is InChI=1S/C17H12N2O3S/c20-16(14-8-11-4-1-2-5-13(11)22-14)18-9-12-10-21-17(19-12)15-6-3-7-23-15/h1-8,10H,9H2,(H,18,20). The first-order valence-corrected chi connectivity index (χ1v) is 7.92. The molecular formula is C17H12N2O3S. The van der Waals surface area contributed by atoms with Crippen LogP contribution in [0.5, 0.6) is 0 Å². The van der Waals surface area contributed by atoms with Crippen LogP contribution in [0.3, 0.4) is 0 Å². The number of nitrogens with zero attached hydrogens (tertiary/aromatic N) is 1. The van der Waals surface area contributed by atoms with Crippen molar-refractivity contribution in [2.45, 2.75) is 6.54 Å². The number of hydrogen-bond donors (Lipinski definition) is 1. The van der Waals surface area contributed by atoms with Crippen LogP contribution >= 0.6 is 11.3 Å². The van der Waals surface area contributed by atoms with E-state index in [4.69, 9.17) is 8.83 Å². The number of thiophene rings is 1. The van der Waals surface area contributed by atoms with Crippen molar-refractivity contribution >= 4 is 28.2 Å². The van der Waals surface area contributed by atoms with Crippen LogP contribution in [-0.2, 0) is 6.54 Å². The largest absolute Gasteiger partial charge is 0.451 e. The van der Waals surface area contributed by atoms with Gasteiger partial charge in [-0.25, -0.2) is 4.98 Å². The van der Waals surface area contributed by atoms with Gasteiger partial charge < -0.3 is 14.2 Å². The lowest BCUT2D eigenvalue weighted by Crippen LogP contribution is -2.22. The van der Waals surface area contributed by atoms with Crippen LogP contribution in [0.4, 0.5) is 0 Å². The summed E-state index contributed by atoms with van der Waals surface area (Å²) in [4.78, 5) is 17.5. The van der Waals surface area contributed by atoms with Gasteiger partial charge in [0.15, 0.2) is 5.76 Å². The zero-order valence-corrected chi connectivity index (χ0v) is 12.8. The van der Waals surface area contributed by atoms with Gasteiger partial charge in [-0.2, -0.15) is 0 Å². The second-order valence-electron chi connectivity index (χ2n) is 4.95. The van der Waals surface area contributed by atoms with Crippen LogP contribution in [0.1, 0.15) is 16.2 Å². The molecule has 0 unspecified atom stereocenters. The van der Waals surface area contributed by atoms with E-state index in [1.165, 1.54) is 0 Å². The van der Waals surface area contributed by atoms with Crippen molar-refractivity contribution in [3.63, 3.8) is 0 Å². The Morgan fingerprint density at radius 3 is 2.96 bits per heavy atom. The van der Waals surface area contributed by atoms with Crippen LogP contribution in [0, 0.1) is 0 Å². The molecule has 1 amide bonds. The Morgan fingerprint density at radius 2 is 2.13 bits per heavy atom. The van der Waals surface area contributed by atoms with E-state index < -0.39 is 0 Å². The van der Waals surface area contributed by atoms with Crippen molar-refractivity contribution in [1.29, 1.82) is 0 Å². The van der Waals surface area contributed by atoms with Crippen molar-refractivity contribution < 1.29 is 13.6 Å². The molecule has 0 radical (unpaired) electrons. The summed E-state index contributed by atoms with van der Waals surface area (Å²) in [5.74, 6) is 0.572. The van der Waals surface area contributed by atoms with Crippen molar-refractivity contribution in [2.75, 3.05) is 0 Å². The van der Waals surface area contributed by atoms with Crippen LogP contribution in [0.2, 0.25) is 0 Å². The molecule has 0 atom stereocenters. The summed E-state index contributed by atoms with van der Waals surface area (Å²) in [5.41, 5.74) is 1.36. The van der Waals surface area contributed by atoms with Gasteiger partial charge in [-0.1, -0.05) is 24.3 Å². The first-order valence-electron chi connectivity index (χ1n) is 7.05. The second-order valence-corrected chi connectivity index (χ2v) is 5.90. The Bertz CT molecular complexity index is 920.